The maximum atomic E-state index is 11.6. The number of hydrogen-bond acceptors (Lipinski definition) is 5. The van der Waals surface area contributed by atoms with Gasteiger partial charge in [-0.2, -0.15) is 0 Å². The van der Waals surface area contributed by atoms with Crippen molar-refractivity contribution in [1.29, 1.82) is 0 Å². The van der Waals surface area contributed by atoms with Crippen LogP contribution in [0.2, 0.25) is 5.02 Å². The molecule has 3 aromatic rings. The second-order valence-corrected chi connectivity index (χ2v) is 6.48. The quantitative estimate of drug-likeness (QED) is 0.749. The molecule has 1 saturated heterocycles. The Kier molecular flexibility index (Phi) is 4.38. The molecule has 26 heavy (non-hydrogen) atoms. The van der Waals surface area contributed by atoms with Crippen molar-refractivity contribution in [3.05, 3.63) is 41.6 Å². The van der Waals surface area contributed by atoms with Gasteiger partial charge in [0.05, 0.1) is 23.2 Å². The van der Waals surface area contributed by atoms with Crippen molar-refractivity contribution in [2.24, 2.45) is 0 Å². The molecule has 134 valence electrons. The lowest BCUT2D eigenvalue weighted by atomic mass is 10.2. The van der Waals surface area contributed by atoms with E-state index in [1.165, 1.54) is 7.11 Å². The van der Waals surface area contributed by atoms with Gasteiger partial charge in [-0.25, -0.2) is 14.8 Å². The summed E-state index contributed by atoms with van der Waals surface area (Å²) in [4.78, 5) is 27.8. The number of para-hydroxylation sites is 2. The molecule has 1 fully saturated rings. The molecule has 0 spiro atoms. The minimum absolute atomic E-state index is 0.295. The summed E-state index contributed by atoms with van der Waals surface area (Å²) >= 11 is 6.37. The fraction of sp³-hybridized carbons (Fsp3) is 0.278. The van der Waals surface area contributed by atoms with E-state index in [4.69, 9.17) is 16.3 Å². The number of H-pyrrole nitrogens is 1. The Morgan fingerprint density at radius 1 is 1.23 bits per heavy atom. The highest BCUT2D eigenvalue weighted by Gasteiger charge is 2.23. The van der Waals surface area contributed by atoms with Gasteiger partial charge in [0, 0.05) is 37.9 Å². The largest absolute Gasteiger partial charge is 0.453 e. The van der Waals surface area contributed by atoms with E-state index in [0.29, 0.717) is 37.0 Å². The highest BCUT2D eigenvalue weighted by atomic mass is 35.5. The Morgan fingerprint density at radius 3 is 2.73 bits per heavy atom. The molecule has 7 nitrogen and oxygen atoms in total. The standard InChI is InChI=1S/C18H18ClN5O2/c1-26-18(25)24-8-6-23(7-9-24)16-10-12(13(19)11-20-16)17-21-14-4-2-3-5-15(14)22-17/h2-5,10-11H,6-9H2,1H3,(H,21,22). The first-order valence-electron chi connectivity index (χ1n) is 8.34. The SMILES string of the molecule is COC(=O)N1CCN(c2cc(-c3nc4ccccc4[nH]3)c(Cl)cn2)CC1. The molecule has 1 aromatic carbocycles. The van der Waals surface area contributed by atoms with Crippen molar-refractivity contribution in [3.63, 3.8) is 0 Å². The van der Waals surface area contributed by atoms with Gasteiger partial charge in [0.15, 0.2) is 0 Å². The van der Waals surface area contributed by atoms with Crippen LogP contribution in [0.5, 0.6) is 0 Å². The zero-order valence-electron chi connectivity index (χ0n) is 14.3. The van der Waals surface area contributed by atoms with Gasteiger partial charge >= 0.3 is 6.09 Å². The number of benzene rings is 1. The summed E-state index contributed by atoms with van der Waals surface area (Å²) in [6, 6.07) is 9.79. The maximum Gasteiger partial charge on any atom is 0.409 e. The number of rotatable bonds is 2. The molecule has 1 aliphatic rings. The third-order valence-corrected chi connectivity index (χ3v) is 4.82. The minimum atomic E-state index is -0.295. The number of methoxy groups -OCH3 is 1. The number of aromatic nitrogens is 3. The predicted octanol–water partition coefficient (Wildman–Crippen LogP) is 3.17. The Bertz CT molecular complexity index is 917. The van der Waals surface area contributed by atoms with Crippen LogP contribution in [0.1, 0.15) is 0 Å². The fourth-order valence-corrected chi connectivity index (χ4v) is 3.30. The highest BCUT2D eigenvalue weighted by molar-refractivity contribution is 6.33. The van der Waals surface area contributed by atoms with Crippen molar-refractivity contribution >= 4 is 34.5 Å². The number of imidazole rings is 1. The van der Waals surface area contributed by atoms with E-state index in [1.807, 2.05) is 30.3 Å². The van der Waals surface area contributed by atoms with Crippen LogP contribution >= 0.6 is 11.6 Å². The smallest absolute Gasteiger partial charge is 0.409 e. The topological polar surface area (TPSA) is 74.3 Å². The first kappa shape index (κ1) is 16.7. The first-order valence-corrected chi connectivity index (χ1v) is 8.72. The van der Waals surface area contributed by atoms with Gasteiger partial charge in [-0.15, -0.1) is 0 Å². The molecular formula is C18H18ClN5O2. The van der Waals surface area contributed by atoms with Crippen LogP contribution < -0.4 is 4.90 Å². The van der Waals surface area contributed by atoms with Crippen LogP contribution in [-0.2, 0) is 4.74 Å². The number of aromatic amines is 1. The molecule has 0 atom stereocenters. The lowest BCUT2D eigenvalue weighted by Crippen LogP contribution is -2.49. The Labute approximate surface area is 155 Å². The maximum absolute atomic E-state index is 11.6. The van der Waals surface area contributed by atoms with E-state index < -0.39 is 0 Å². The van der Waals surface area contributed by atoms with E-state index in [2.05, 4.69) is 19.9 Å². The van der Waals surface area contributed by atoms with Crippen LogP contribution in [0.3, 0.4) is 0 Å². The zero-order valence-corrected chi connectivity index (χ0v) is 15.0. The van der Waals surface area contributed by atoms with Gasteiger partial charge in [-0.1, -0.05) is 23.7 Å². The molecule has 3 heterocycles. The lowest BCUT2D eigenvalue weighted by Gasteiger charge is -2.34. The van der Waals surface area contributed by atoms with Crippen molar-refractivity contribution in [3.8, 4) is 11.4 Å². The number of pyridine rings is 1. The van der Waals surface area contributed by atoms with E-state index >= 15 is 0 Å². The number of carbonyl (C=O) groups excluding carboxylic acids is 1. The number of hydrogen-bond donors (Lipinski definition) is 1. The Balaban J connectivity index is 1.60. The zero-order chi connectivity index (χ0) is 18.1. The molecule has 0 bridgehead atoms. The molecule has 8 heteroatoms. The van der Waals surface area contributed by atoms with Crippen LogP contribution in [0.4, 0.5) is 10.6 Å². The Morgan fingerprint density at radius 2 is 2.00 bits per heavy atom. The molecule has 0 aliphatic carbocycles. The van der Waals surface area contributed by atoms with Gasteiger partial charge < -0.3 is 19.5 Å². The van der Waals surface area contributed by atoms with Gasteiger partial charge in [0.1, 0.15) is 11.6 Å². The highest BCUT2D eigenvalue weighted by Crippen LogP contribution is 2.30. The summed E-state index contributed by atoms with van der Waals surface area (Å²) in [7, 11) is 1.40. The molecular weight excluding hydrogens is 354 g/mol. The molecule has 0 radical (unpaired) electrons. The molecule has 0 unspecified atom stereocenters. The minimum Gasteiger partial charge on any atom is -0.453 e. The van der Waals surface area contributed by atoms with Gasteiger partial charge in [-0.05, 0) is 18.2 Å². The molecule has 4 rings (SSSR count). The van der Waals surface area contributed by atoms with Crippen molar-refractivity contribution in [2.75, 3.05) is 38.2 Å². The van der Waals surface area contributed by atoms with Gasteiger partial charge in [-0.3, -0.25) is 0 Å². The Hall–Kier alpha value is -2.80. The third-order valence-electron chi connectivity index (χ3n) is 4.52. The molecule has 2 aromatic heterocycles. The number of amides is 1. The molecule has 1 aliphatic heterocycles. The molecule has 1 N–H and O–H groups in total. The summed E-state index contributed by atoms with van der Waals surface area (Å²) < 4.78 is 4.78. The summed E-state index contributed by atoms with van der Waals surface area (Å²) in [5.41, 5.74) is 2.66. The van der Waals surface area contributed by atoms with Crippen LogP contribution in [0.15, 0.2) is 36.5 Å². The van der Waals surface area contributed by atoms with Gasteiger partial charge in [0.2, 0.25) is 0 Å². The molecule has 0 saturated carbocycles. The van der Waals surface area contributed by atoms with Gasteiger partial charge in [0.25, 0.3) is 0 Å². The average molecular weight is 372 g/mol. The fourth-order valence-electron chi connectivity index (χ4n) is 3.11. The van der Waals surface area contributed by atoms with Crippen molar-refractivity contribution in [2.45, 2.75) is 0 Å². The number of ether oxygens (including phenoxy) is 1. The van der Waals surface area contributed by atoms with Crippen molar-refractivity contribution < 1.29 is 9.53 Å². The third kappa shape index (κ3) is 3.06. The number of halogens is 1. The number of piperazine rings is 1. The number of nitrogens with one attached hydrogen (secondary N) is 1. The van der Waals surface area contributed by atoms with Crippen molar-refractivity contribution in [1.82, 2.24) is 19.9 Å². The van der Waals surface area contributed by atoms with Crippen LogP contribution in [0, 0.1) is 0 Å². The van der Waals surface area contributed by atoms with E-state index in [1.54, 1.807) is 11.1 Å². The monoisotopic (exact) mass is 371 g/mol. The lowest BCUT2D eigenvalue weighted by molar-refractivity contribution is 0.121. The summed E-state index contributed by atoms with van der Waals surface area (Å²) in [6.45, 7) is 2.56. The number of fused-ring (bicyclic) bond motifs is 1. The number of anilines is 1. The second-order valence-electron chi connectivity index (χ2n) is 6.07. The molecule has 1 amide bonds. The normalized spacial score (nSPS) is 14.7. The van der Waals surface area contributed by atoms with Crippen LogP contribution in [0.25, 0.3) is 22.4 Å². The average Bonchev–Trinajstić information content (AvgIpc) is 3.12. The van der Waals surface area contributed by atoms with E-state index in [9.17, 15) is 4.79 Å². The number of carbonyl (C=O) groups is 1. The van der Waals surface area contributed by atoms with E-state index in [0.717, 1.165) is 22.4 Å². The second kappa shape index (κ2) is 6.84. The first-order chi connectivity index (χ1) is 12.7. The number of nitrogens with zero attached hydrogens (tertiary/aromatic N) is 4. The van der Waals surface area contributed by atoms with E-state index in [-0.39, 0.29) is 6.09 Å². The summed E-state index contributed by atoms with van der Waals surface area (Å²) in [5.74, 6) is 1.53. The van der Waals surface area contributed by atoms with Crippen LogP contribution in [-0.4, -0.2) is 59.2 Å². The summed E-state index contributed by atoms with van der Waals surface area (Å²) in [6.07, 6.45) is 1.35. The predicted molar refractivity (Wildman–Crippen MR) is 101 cm³/mol. The summed E-state index contributed by atoms with van der Waals surface area (Å²) in [5, 5.41) is 0.543.